The van der Waals surface area contributed by atoms with Crippen molar-refractivity contribution in [2.45, 2.75) is 31.7 Å². The Bertz CT molecular complexity index is 1330. The lowest BCUT2D eigenvalue weighted by Gasteiger charge is -2.29. The van der Waals surface area contributed by atoms with E-state index in [-0.39, 0.29) is 30.9 Å². The van der Waals surface area contributed by atoms with Crippen molar-refractivity contribution in [3.8, 4) is 11.5 Å². The van der Waals surface area contributed by atoms with Gasteiger partial charge in [0.1, 0.15) is 11.5 Å². The SMILES string of the molecule is COc1ccc(C=C2CCCC3C2=NN(C(=O)COC(=O)Cc2cccs2)C3c2ccc(OC)cc2)cc1. The number of hydrogen-bond acceptors (Lipinski definition) is 7. The first-order chi connectivity index (χ1) is 18.6. The molecule has 0 saturated heterocycles. The van der Waals surface area contributed by atoms with Crippen LogP contribution in [0.15, 0.2) is 76.7 Å². The van der Waals surface area contributed by atoms with Crippen molar-refractivity contribution >= 4 is 35.0 Å². The highest BCUT2D eigenvalue weighted by Gasteiger charge is 2.43. The molecule has 2 atom stereocenters. The monoisotopic (exact) mass is 530 g/mol. The second-order valence-corrected chi connectivity index (χ2v) is 10.3. The van der Waals surface area contributed by atoms with Gasteiger partial charge in [-0.2, -0.15) is 5.10 Å². The Morgan fingerprint density at radius 1 is 1.03 bits per heavy atom. The van der Waals surface area contributed by atoms with Crippen LogP contribution in [-0.2, 0) is 20.7 Å². The average Bonchev–Trinajstić information content (AvgIpc) is 3.61. The summed E-state index contributed by atoms with van der Waals surface area (Å²) in [6, 6.07) is 19.1. The first kappa shape index (κ1) is 25.7. The number of nitrogens with zero attached hydrogens (tertiary/aromatic N) is 2. The van der Waals surface area contributed by atoms with Gasteiger partial charge in [0.25, 0.3) is 5.91 Å². The highest BCUT2D eigenvalue weighted by molar-refractivity contribution is 7.10. The van der Waals surface area contributed by atoms with E-state index in [1.54, 1.807) is 14.2 Å². The normalized spacial score (nSPS) is 19.6. The van der Waals surface area contributed by atoms with E-state index in [9.17, 15) is 9.59 Å². The third-order valence-corrected chi connectivity index (χ3v) is 7.80. The highest BCUT2D eigenvalue weighted by Crippen LogP contribution is 2.44. The summed E-state index contributed by atoms with van der Waals surface area (Å²) in [4.78, 5) is 26.7. The number of amides is 1. The Kier molecular flexibility index (Phi) is 7.89. The van der Waals surface area contributed by atoms with Crippen LogP contribution in [0.25, 0.3) is 6.08 Å². The molecule has 2 aliphatic rings. The van der Waals surface area contributed by atoms with Crippen LogP contribution in [-0.4, -0.2) is 43.4 Å². The molecule has 1 amide bonds. The van der Waals surface area contributed by atoms with E-state index in [1.165, 1.54) is 16.3 Å². The maximum atomic E-state index is 13.4. The number of benzene rings is 2. The van der Waals surface area contributed by atoms with Crippen molar-refractivity contribution < 1.29 is 23.8 Å². The molecule has 196 valence electrons. The lowest BCUT2D eigenvalue weighted by atomic mass is 9.77. The zero-order valence-electron chi connectivity index (χ0n) is 21.5. The molecule has 8 heteroatoms. The number of rotatable bonds is 8. The van der Waals surface area contributed by atoms with E-state index in [1.807, 2.05) is 66.0 Å². The van der Waals surface area contributed by atoms with Crippen LogP contribution >= 0.6 is 11.3 Å². The summed E-state index contributed by atoms with van der Waals surface area (Å²) in [6.45, 7) is -0.349. The van der Waals surface area contributed by atoms with Crippen LogP contribution in [0, 0.1) is 5.92 Å². The molecule has 1 fully saturated rings. The van der Waals surface area contributed by atoms with Gasteiger partial charge < -0.3 is 14.2 Å². The minimum atomic E-state index is -0.425. The van der Waals surface area contributed by atoms with Crippen molar-refractivity contribution in [2.75, 3.05) is 20.8 Å². The first-order valence-electron chi connectivity index (χ1n) is 12.6. The number of carbonyl (C=O) groups is 2. The van der Waals surface area contributed by atoms with Crippen molar-refractivity contribution in [3.05, 3.63) is 87.6 Å². The van der Waals surface area contributed by atoms with Gasteiger partial charge in [-0.05, 0) is 77.8 Å². The fourth-order valence-electron chi connectivity index (χ4n) is 5.06. The Morgan fingerprint density at radius 2 is 1.74 bits per heavy atom. The number of esters is 1. The van der Waals surface area contributed by atoms with Crippen LogP contribution < -0.4 is 9.47 Å². The molecule has 1 aromatic heterocycles. The fraction of sp³-hybridized carbons (Fsp3) is 0.300. The zero-order chi connectivity index (χ0) is 26.5. The maximum Gasteiger partial charge on any atom is 0.311 e. The van der Waals surface area contributed by atoms with Crippen molar-refractivity contribution in [3.63, 3.8) is 0 Å². The van der Waals surface area contributed by atoms with Crippen molar-refractivity contribution in [1.29, 1.82) is 0 Å². The van der Waals surface area contributed by atoms with Crippen molar-refractivity contribution in [1.82, 2.24) is 5.01 Å². The summed E-state index contributed by atoms with van der Waals surface area (Å²) >= 11 is 1.49. The van der Waals surface area contributed by atoms with Gasteiger partial charge in [0.2, 0.25) is 0 Å². The number of hydrogen-bond donors (Lipinski definition) is 0. The maximum absolute atomic E-state index is 13.4. The van der Waals surface area contributed by atoms with Gasteiger partial charge in [-0.25, -0.2) is 5.01 Å². The van der Waals surface area contributed by atoms with Crippen molar-refractivity contribution in [2.24, 2.45) is 11.0 Å². The Hall–Kier alpha value is -3.91. The van der Waals surface area contributed by atoms with Gasteiger partial charge in [-0.3, -0.25) is 9.59 Å². The van der Waals surface area contributed by atoms with Crippen LogP contribution in [0.1, 0.15) is 41.3 Å². The molecular weight excluding hydrogens is 500 g/mol. The van der Waals surface area contributed by atoms with Gasteiger partial charge in [-0.15, -0.1) is 11.3 Å². The average molecular weight is 531 g/mol. The third kappa shape index (κ3) is 5.65. The quantitative estimate of drug-likeness (QED) is 0.351. The number of methoxy groups -OCH3 is 2. The molecule has 1 saturated carbocycles. The molecule has 0 N–H and O–H groups in total. The molecule has 0 spiro atoms. The molecule has 1 aliphatic carbocycles. The van der Waals surface area contributed by atoms with Gasteiger partial charge in [-0.1, -0.05) is 30.3 Å². The standard InChI is InChI=1S/C30H30N2O5S/c1-35-23-12-8-20(9-13-23)17-22-5-3-7-26-29(22)31-32(30(26)21-10-14-24(36-2)15-11-21)27(33)19-37-28(34)18-25-6-4-16-38-25/h4,6,8-17,26,30H,3,5,7,18-19H2,1-2H3. The second-order valence-electron chi connectivity index (χ2n) is 9.30. The molecular formula is C30H30N2O5S. The minimum absolute atomic E-state index is 0.0485. The molecule has 38 heavy (non-hydrogen) atoms. The predicted octanol–water partition coefficient (Wildman–Crippen LogP) is 5.67. The number of fused-ring (bicyclic) bond motifs is 1. The van der Waals surface area contributed by atoms with E-state index in [0.717, 1.165) is 58.1 Å². The summed E-state index contributed by atoms with van der Waals surface area (Å²) in [5.41, 5.74) is 4.07. The largest absolute Gasteiger partial charge is 0.497 e. The lowest BCUT2D eigenvalue weighted by molar-refractivity contribution is -0.152. The van der Waals surface area contributed by atoms with Gasteiger partial charge >= 0.3 is 5.97 Å². The Labute approximate surface area is 226 Å². The number of hydrazone groups is 1. The molecule has 2 heterocycles. The third-order valence-electron chi connectivity index (χ3n) is 6.93. The van der Waals surface area contributed by atoms with Crippen LogP contribution in [0.4, 0.5) is 0 Å². The Morgan fingerprint density at radius 3 is 2.39 bits per heavy atom. The van der Waals surface area contributed by atoms with Gasteiger partial charge in [0.05, 0.1) is 32.4 Å². The number of thiophene rings is 1. The van der Waals surface area contributed by atoms with Crippen LogP contribution in [0.5, 0.6) is 11.5 Å². The van der Waals surface area contributed by atoms with E-state index < -0.39 is 5.97 Å². The van der Waals surface area contributed by atoms with E-state index in [0.29, 0.717) is 0 Å². The Balaban J connectivity index is 1.41. The molecule has 2 aromatic carbocycles. The molecule has 3 aromatic rings. The topological polar surface area (TPSA) is 77.4 Å². The molecule has 1 aliphatic heterocycles. The molecule has 2 unspecified atom stereocenters. The number of ether oxygens (including phenoxy) is 3. The summed E-state index contributed by atoms with van der Waals surface area (Å²) in [5, 5.41) is 8.29. The van der Waals surface area contributed by atoms with Crippen LogP contribution in [0.2, 0.25) is 0 Å². The summed E-state index contributed by atoms with van der Waals surface area (Å²) in [7, 11) is 3.28. The zero-order valence-corrected chi connectivity index (χ0v) is 22.3. The summed E-state index contributed by atoms with van der Waals surface area (Å²) in [5.74, 6) is 0.837. The van der Waals surface area contributed by atoms with E-state index in [4.69, 9.17) is 19.3 Å². The van der Waals surface area contributed by atoms with E-state index >= 15 is 0 Å². The van der Waals surface area contributed by atoms with Gasteiger partial charge in [0, 0.05) is 10.8 Å². The smallest absolute Gasteiger partial charge is 0.311 e. The van der Waals surface area contributed by atoms with E-state index in [2.05, 4.69) is 6.08 Å². The molecule has 7 nitrogen and oxygen atoms in total. The predicted molar refractivity (Wildman–Crippen MR) is 147 cm³/mol. The lowest BCUT2D eigenvalue weighted by Crippen LogP contribution is -2.34. The molecule has 0 bridgehead atoms. The molecule has 0 radical (unpaired) electrons. The highest BCUT2D eigenvalue weighted by atomic mass is 32.1. The number of allylic oxidation sites excluding steroid dienone is 1. The summed E-state index contributed by atoms with van der Waals surface area (Å²) < 4.78 is 16.0. The second kappa shape index (κ2) is 11.6. The minimum Gasteiger partial charge on any atom is -0.497 e. The van der Waals surface area contributed by atoms with Gasteiger partial charge in [0.15, 0.2) is 6.61 Å². The molecule has 5 rings (SSSR count). The fourth-order valence-corrected chi connectivity index (χ4v) is 5.75. The van der Waals surface area contributed by atoms with Crippen LogP contribution in [0.3, 0.4) is 0 Å². The first-order valence-corrected chi connectivity index (χ1v) is 13.5. The summed E-state index contributed by atoms with van der Waals surface area (Å²) in [6.07, 6.45) is 5.09. The number of carbonyl (C=O) groups excluding carboxylic acids is 2.